The standard InChI is InChI=1S/C23H25ClN4O5/c1-32-16-4-6-19(20(11-16)33-2)28-12-14(9-22(28)30)23(31)26-15-3-5-18(17(24)10-15)27-8-7-25-21(29)13-27/h3-6,10-11,14H,7-9,12-13H2,1-2H3,(H,25,29)(H,26,31). The number of amides is 3. The molecule has 2 fully saturated rings. The zero-order chi connectivity index (χ0) is 23.5. The van der Waals surface area contributed by atoms with E-state index in [4.69, 9.17) is 21.1 Å². The molecule has 0 bridgehead atoms. The highest BCUT2D eigenvalue weighted by Gasteiger charge is 2.36. The first-order chi connectivity index (χ1) is 15.9. The van der Waals surface area contributed by atoms with Crippen LogP contribution in [0.3, 0.4) is 0 Å². The van der Waals surface area contributed by atoms with Gasteiger partial charge in [-0.15, -0.1) is 0 Å². The number of methoxy groups -OCH3 is 2. The second-order valence-corrected chi connectivity index (χ2v) is 8.28. The zero-order valence-electron chi connectivity index (χ0n) is 18.4. The van der Waals surface area contributed by atoms with Crippen LogP contribution in [0.15, 0.2) is 36.4 Å². The quantitative estimate of drug-likeness (QED) is 0.669. The van der Waals surface area contributed by atoms with Gasteiger partial charge in [0.15, 0.2) is 0 Å². The summed E-state index contributed by atoms with van der Waals surface area (Å²) in [4.78, 5) is 40.6. The fraction of sp³-hybridized carbons (Fsp3) is 0.348. The first-order valence-corrected chi connectivity index (χ1v) is 10.9. The van der Waals surface area contributed by atoms with Crippen LogP contribution in [0, 0.1) is 5.92 Å². The number of hydrogen-bond acceptors (Lipinski definition) is 6. The van der Waals surface area contributed by atoms with Crippen LogP contribution in [-0.2, 0) is 14.4 Å². The Morgan fingerprint density at radius 2 is 1.91 bits per heavy atom. The Kier molecular flexibility index (Phi) is 6.60. The van der Waals surface area contributed by atoms with E-state index in [9.17, 15) is 14.4 Å². The molecule has 2 saturated heterocycles. The molecule has 33 heavy (non-hydrogen) atoms. The lowest BCUT2D eigenvalue weighted by Crippen LogP contribution is -2.47. The van der Waals surface area contributed by atoms with Crippen molar-refractivity contribution in [2.45, 2.75) is 6.42 Å². The molecule has 3 amide bonds. The molecule has 1 unspecified atom stereocenters. The number of carbonyl (C=O) groups is 3. The molecule has 2 aromatic rings. The highest BCUT2D eigenvalue weighted by Crippen LogP contribution is 2.36. The van der Waals surface area contributed by atoms with Gasteiger partial charge in [0, 0.05) is 37.8 Å². The van der Waals surface area contributed by atoms with Crippen LogP contribution in [0.1, 0.15) is 6.42 Å². The minimum Gasteiger partial charge on any atom is -0.497 e. The molecule has 0 spiro atoms. The maximum Gasteiger partial charge on any atom is 0.239 e. The highest BCUT2D eigenvalue weighted by molar-refractivity contribution is 6.33. The molecule has 10 heteroatoms. The highest BCUT2D eigenvalue weighted by atomic mass is 35.5. The van der Waals surface area contributed by atoms with E-state index in [1.54, 1.807) is 48.4 Å². The third kappa shape index (κ3) is 4.83. The summed E-state index contributed by atoms with van der Waals surface area (Å²) < 4.78 is 10.6. The molecule has 0 aromatic heterocycles. The van der Waals surface area contributed by atoms with Crippen molar-refractivity contribution in [1.29, 1.82) is 0 Å². The average Bonchev–Trinajstić information content (AvgIpc) is 3.20. The lowest BCUT2D eigenvalue weighted by molar-refractivity contribution is -0.122. The lowest BCUT2D eigenvalue weighted by Gasteiger charge is -2.29. The normalized spacial score (nSPS) is 18.2. The fourth-order valence-corrected chi connectivity index (χ4v) is 4.35. The number of hydrogen-bond donors (Lipinski definition) is 2. The number of nitrogens with one attached hydrogen (secondary N) is 2. The van der Waals surface area contributed by atoms with Crippen molar-refractivity contribution in [3.8, 4) is 11.5 Å². The summed E-state index contributed by atoms with van der Waals surface area (Å²) in [5, 5.41) is 6.07. The Labute approximate surface area is 196 Å². The van der Waals surface area contributed by atoms with Crippen molar-refractivity contribution in [3.63, 3.8) is 0 Å². The maximum absolute atomic E-state index is 12.9. The summed E-state index contributed by atoms with van der Waals surface area (Å²) in [7, 11) is 3.07. The first kappa shape index (κ1) is 22.7. The summed E-state index contributed by atoms with van der Waals surface area (Å²) >= 11 is 6.43. The van der Waals surface area contributed by atoms with Crippen LogP contribution in [0.25, 0.3) is 0 Å². The SMILES string of the molecule is COc1ccc(N2CC(C(=O)Nc3ccc(N4CCNC(=O)C4)c(Cl)c3)CC2=O)c(OC)c1. The average molecular weight is 473 g/mol. The van der Waals surface area contributed by atoms with Gasteiger partial charge in [0.1, 0.15) is 11.5 Å². The van der Waals surface area contributed by atoms with E-state index in [2.05, 4.69) is 10.6 Å². The third-order valence-electron chi connectivity index (χ3n) is 5.77. The van der Waals surface area contributed by atoms with Gasteiger partial charge >= 0.3 is 0 Å². The third-order valence-corrected chi connectivity index (χ3v) is 6.07. The van der Waals surface area contributed by atoms with Gasteiger partial charge in [0.25, 0.3) is 0 Å². The number of benzene rings is 2. The largest absolute Gasteiger partial charge is 0.497 e. The van der Waals surface area contributed by atoms with Gasteiger partial charge in [-0.3, -0.25) is 14.4 Å². The first-order valence-electron chi connectivity index (χ1n) is 10.5. The Morgan fingerprint density at radius 3 is 2.61 bits per heavy atom. The van der Waals surface area contributed by atoms with Crippen molar-refractivity contribution in [2.24, 2.45) is 5.92 Å². The van der Waals surface area contributed by atoms with E-state index in [1.807, 2.05) is 4.90 Å². The number of rotatable bonds is 6. The smallest absolute Gasteiger partial charge is 0.239 e. The van der Waals surface area contributed by atoms with Crippen LogP contribution >= 0.6 is 11.6 Å². The van der Waals surface area contributed by atoms with Crippen molar-refractivity contribution in [3.05, 3.63) is 41.4 Å². The molecule has 174 valence electrons. The van der Waals surface area contributed by atoms with Crippen LogP contribution in [0.4, 0.5) is 17.1 Å². The molecule has 2 aromatic carbocycles. The van der Waals surface area contributed by atoms with Crippen molar-refractivity contribution in [2.75, 3.05) is 55.5 Å². The summed E-state index contributed by atoms with van der Waals surface area (Å²) in [6, 6.07) is 10.4. The number of nitrogens with zero attached hydrogens (tertiary/aromatic N) is 2. The Hall–Kier alpha value is -3.46. The Morgan fingerprint density at radius 1 is 1.12 bits per heavy atom. The van der Waals surface area contributed by atoms with E-state index in [0.717, 1.165) is 5.69 Å². The number of anilines is 3. The van der Waals surface area contributed by atoms with Crippen LogP contribution in [-0.4, -0.2) is 58.1 Å². The molecule has 0 aliphatic carbocycles. The molecule has 0 radical (unpaired) electrons. The molecule has 2 aliphatic heterocycles. The van der Waals surface area contributed by atoms with Crippen molar-refractivity contribution >= 4 is 46.4 Å². The summed E-state index contributed by atoms with van der Waals surface area (Å²) in [5.41, 5.74) is 1.86. The van der Waals surface area contributed by atoms with Gasteiger partial charge in [-0.05, 0) is 30.3 Å². The van der Waals surface area contributed by atoms with Gasteiger partial charge in [-0.1, -0.05) is 11.6 Å². The molecule has 0 saturated carbocycles. The topological polar surface area (TPSA) is 100 Å². The van der Waals surface area contributed by atoms with E-state index in [1.165, 1.54) is 7.11 Å². The summed E-state index contributed by atoms with van der Waals surface area (Å²) in [6.07, 6.45) is 0.0930. The van der Waals surface area contributed by atoms with Crippen molar-refractivity contribution in [1.82, 2.24) is 5.32 Å². The number of halogens is 1. The summed E-state index contributed by atoms with van der Waals surface area (Å²) in [5.74, 6) is 0.113. The number of piperazine rings is 1. The molecule has 4 rings (SSSR count). The predicted molar refractivity (Wildman–Crippen MR) is 125 cm³/mol. The van der Waals surface area contributed by atoms with Gasteiger partial charge in [0.2, 0.25) is 17.7 Å². The molecular weight excluding hydrogens is 448 g/mol. The molecule has 2 heterocycles. The van der Waals surface area contributed by atoms with Gasteiger partial charge in [0.05, 0.1) is 43.1 Å². The molecule has 2 aliphatic rings. The zero-order valence-corrected chi connectivity index (χ0v) is 19.1. The monoisotopic (exact) mass is 472 g/mol. The van der Waals surface area contributed by atoms with E-state index < -0.39 is 5.92 Å². The Bertz CT molecular complexity index is 1090. The lowest BCUT2D eigenvalue weighted by atomic mass is 10.1. The van der Waals surface area contributed by atoms with E-state index >= 15 is 0 Å². The number of carbonyl (C=O) groups excluding carboxylic acids is 3. The van der Waals surface area contributed by atoms with E-state index in [0.29, 0.717) is 41.0 Å². The molecule has 1 atom stereocenters. The van der Waals surface area contributed by atoms with Crippen molar-refractivity contribution < 1.29 is 23.9 Å². The minimum atomic E-state index is -0.520. The predicted octanol–water partition coefficient (Wildman–Crippen LogP) is 2.29. The van der Waals surface area contributed by atoms with Crippen LogP contribution in [0.2, 0.25) is 5.02 Å². The second kappa shape index (κ2) is 9.58. The maximum atomic E-state index is 12.9. The van der Waals surface area contributed by atoms with Gasteiger partial charge in [-0.25, -0.2) is 0 Å². The molecular formula is C23H25ClN4O5. The second-order valence-electron chi connectivity index (χ2n) is 7.87. The van der Waals surface area contributed by atoms with Crippen LogP contribution in [0.5, 0.6) is 11.5 Å². The number of ether oxygens (including phenoxy) is 2. The summed E-state index contributed by atoms with van der Waals surface area (Å²) in [6.45, 7) is 1.69. The van der Waals surface area contributed by atoms with Gasteiger partial charge in [-0.2, -0.15) is 0 Å². The van der Waals surface area contributed by atoms with Gasteiger partial charge < -0.3 is 29.9 Å². The molecule has 2 N–H and O–H groups in total. The molecule has 9 nitrogen and oxygen atoms in total. The minimum absolute atomic E-state index is 0.0568. The fourth-order valence-electron chi connectivity index (χ4n) is 4.05. The van der Waals surface area contributed by atoms with E-state index in [-0.39, 0.29) is 37.2 Å². The van der Waals surface area contributed by atoms with Crippen LogP contribution < -0.4 is 29.9 Å². The Balaban J connectivity index is 1.44.